The van der Waals surface area contributed by atoms with Crippen molar-refractivity contribution in [2.75, 3.05) is 13.1 Å². The molecule has 0 saturated carbocycles. The molecule has 0 bridgehead atoms. The topological polar surface area (TPSA) is 86.3 Å². The number of carbonyl (C=O) groups is 1. The SMILES string of the molecule is O=C(O)N1CCC(c2csc3nc[nH]c(=O)c23)CC1. The molecule has 7 heteroatoms. The Morgan fingerprint density at radius 1 is 1.47 bits per heavy atom. The van der Waals surface area contributed by atoms with Gasteiger partial charge in [-0.05, 0) is 29.7 Å². The molecule has 0 radical (unpaired) electrons. The molecule has 1 saturated heterocycles. The van der Waals surface area contributed by atoms with E-state index in [9.17, 15) is 9.59 Å². The number of likely N-dealkylation sites (tertiary alicyclic amines) is 1. The number of aromatic amines is 1. The summed E-state index contributed by atoms with van der Waals surface area (Å²) < 4.78 is 0. The molecule has 3 rings (SSSR count). The molecule has 0 unspecified atom stereocenters. The highest BCUT2D eigenvalue weighted by atomic mass is 32.1. The van der Waals surface area contributed by atoms with Crippen LogP contribution in [0.15, 0.2) is 16.5 Å². The van der Waals surface area contributed by atoms with Gasteiger partial charge >= 0.3 is 6.09 Å². The van der Waals surface area contributed by atoms with Gasteiger partial charge in [0.1, 0.15) is 4.83 Å². The summed E-state index contributed by atoms with van der Waals surface area (Å²) in [5.74, 6) is 0.245. The third-order valence-corrected chi connectivity index (χ3v) is 4.51. The lowest BCUT2D eigenvalue weighted by Crippen LogP contribution is -2.36. The number of rotatable bonds is 1. The lowest BCUT2D eigenvalue weighted by molar-refractivity contribution is 0.132. The maximum Gasteiger partial charge on any atom is 0.407 e. The number of amides is 1. The van der Waals surface area contributed by atoms with Gasteiger partial charge in [0.2, 0.25) is 0 Å². The molecule has 1 aliphatic rings. The Morgan fingerprint density at radius 3 is 2.89 bits per heavy atom. The van der Waals surface area contributed by atoms with Crippen LogP contribution in [0.5, 0.6) is 0 Å². The molecule has 2 aromatic rings. The van der Waals surface area contributed by atoms with Gasteiger partial charge < -0.3 is 15.0 Å². The highest BCUT2D eigenvalue weighted by molar-refractivity contribution is 7.16. The van der Waals surface area contributed by atoms with Crippen LogP contribution in [0.3, 0.4) is 0 Å². The molecule has 1 aliphatic heterocycles. The second kappa shape index (κ2) is 4.65. The zero-order chi connectivity index (χ0) is 13.4. The Balaban J connectivity index is 1.90. The number of aromatic nitrogens is 2. The van der Waals surface area contributed by atoms with Crippen molar-refractivity contribution in [3.8, 4) is 0 Å². The van der Waals surface area contributed by atoms with Crippen LogP contribution in [-0.4, -0.2) is 39.2 Å². The molecular formula is C12H13N3O3S. The molecule has 0 aliphatic carbocycles. The zero-order valence-electron chi connectivity index (χ0n) is 10.1. The van der Waals surface area contributed by atoms with Crippen LogP contribution < -0.4 is 5.56 Å². The molecule has 0 spiro atoms. The van der Waals surface area contributed by atoms with Gasteiger partial charge in [0.05, 0.1) is 11.7 Å². The number of hydrogen-bond acceptors (Lipinski definition) is 4. The van der Waals surface area contributed by atoms with E-state index in [1.165, 1.54) is 22.6 Å². The Bertz CT molecular complexity index is 670. The summed E-state index contributed by atoms with van der Waals surface area (Å²) in [4.78, 5) is 31.7. The third-order valence-electron chi connectivity index (χ3n) is 3.61. The minimum atomic E-state index is -0.867. The van der Waals surface area contributed by atoms with E-state index in [4.69, 9.17) is 5.11 Å². The number of thiophene rings is 1. The largest absolute Gasteiger partial charge is 0.465 e. The monoisotopic (exact) mass is 279 g/mol. The molecule has 6 nitrogen and oxygen atoms in total. The average molecular weight is 279 g/mol. The average Bonchev–Trinajstić information content (AvgIpc) is 2.84. The van der Waals surface area contributed by atoms with Gasteiger partial charge in [-0.1, -0.05) is 0 Å². The summed E-state index contributed by atoms with van der Waals surface area (Å²) >= 11 is 1.47. The molecule has 1 amide bonds. The quantitative estimate of drug-likeness (QED) is 0.834. The van der Waals surface area contributed by atoms with Gasteiger partial charge in [0.25, 0.3) is 5.56 Å². The van der Waals surface area contributed by atoms with Crippen LogP contribution in [0, 0.1) is 0 Å². The Hall–Kier alpha value is -1.89. The van der Waals surface area contributed by atoms with E-state index < -0.39 is 6.09 Å². The number of nitrogens with one attached hydrogen (secondary N) is 1. The van der Waals surface area contributed by atoms with Crippen LogP contribution in [0.25, 0.3) is 10.2 Å². The minimum Gasteiger partial charge on any atom is -0.465 e. The summed E-state index contributed by atoms with van der Waals surface area (Å²) in [5.41, 5.74) is 0.904. The molecule has 0 atom stereocenters. The number of H-pyrrole nitrogens is 1. The summed E-state index contributed by atoms with van der Waals surface area (Å²) in [6.45, 7) is 1.05. The standard InChI is InChI=1S/C12H13N3O3S/c16-10-9-8(5-19-11(9)14-6-13-10)7-1-3-15(4-2-7)12(17)18/h5-7H,1-4H2,(H,17,18)(H,13,14,16). The summed E-state index contributed by atoms with van der Waals surface area (Å²) in [5, 5.41) is 11.6. The number of carboxylic acid groups (broad SMARTS) is 1. The van der Waals surface area contributed by atoms with E-state index in [1.54, 1.807) is 0 Å². The third kappa shape index (κ3) is 2.10. The lowest BCUT2D eigenvalue weighted by Gasteiger charge is -2.29. The fourth-order valence-corrected chi connectivity index (χ4v) is 3.58. The van der Waals surface area contributed by atoms with Crippen molar-refractivity contribution in [2.24, 2.45) is 0 Å². The number of piperidine rings is 1. The number of nitrogens with zero attached hydrogens (tertiary/aromatic N) is 2. The van der Waals surface area contributed by atoms with Crippen molar-refractivity contribution in [3.05, 3.63) is 27.6 Å². The molecule has 3 heterocycles. The van der Waals surface area contributed by atoms with E-state index in [0.717, 1.165) is 23.2 Å². The van der Waals surface area contributed by atoms with Crippen molar-refractivity contribution in [1.29, 1.82) is 0 Å². The van der Waals surface area contributed by atoms with Gasteiger partial charge in [-0.15, -0.1) is 11.3 Å². The second-order valence-electron chi connectivity index (χ2n) is 4.65. The maximum absolute atomic E-state index is 11.9. The summed E-state index contributed by atoms with van der Waals surface area (Å²) in [6.07, 6.45) is 2.06. The van der Waals surface area contributed by atoms with Crippen molar-refractivity contribution in [2.45, 2.75) is 18.8 Å². The summed E-state index contributed by atoms with van der Waals surface area (Å²) in [6, 6.07) is 0. The van der Waals surface area contributed by atoms with Crippen molar-refractivity contribution >= 4 is 27.6 Å². The number of hydrogen-bond donors (Lipinski definition) is 2. The second-order valence-corrected chi connectivity index (χ2v) is 5.50. The van der Waals surface area contributed by atoms with E-state index in [2.05, 4.69) is 9.97 Å². The van der Waals surface area contributed by atoms with Gasteiger partial charge in [0.15, 0.2) is 0 Å². The number of fused-ring (bicyclic) bond motifs is 1. The van der Waals surface area contributed by atoms with Crippen LogP contribution in [0.2, 0.25) is 0 Å². The maximum atomic E-state index is 11.9. The smallest absolute Gasteiger partial charge is 0.407 e. The predicted octanol–water partition coefficient (Wildman–Crippen LogP) is 1.84. The molecule has 2 N–H and O–H groups in total. The molecule has 100 valence electrons. The van der Waals surface area contributed by atoms with Gasteiger partial charge in [0, 0.05) is 13.1 Å². The van der Waals surface area contributed by atoms with E-state index in [1.807, 2.05) is 5.38 Å². The Labute approximate surface area is 112 Å². The van der Waals surface area contributed by atoms with E-state index in [-0.39, 0.29) is 11.5 Å². The first-order valence-corrected chi connectivity index (χ1v) is 6.97. The minimum absolute atomic E-state index is 0.109. The molecule has 19 heavy (non-hydrogen) atoms. The van der Waals surface area contributed by atoms with Crippen LogP contribution in [-0.2, 0) is 0 Å². The first kappa shape index (κ1) is 12.2. The van der Waals surface area contributed by atoms with Crippen molar-refractivity contribution < 1.29 is 9.90 Å². The molecule has 0 aromatic carbocycles. The van der Waals surface area contributed by atoms with Crippen molar-refractivity contribution in [1.82, 2.24) is 14.9 Å². The zero-order valence-corrected chi connectivity index (χ0v) is 10.9. The van der Waals surface area contributed by atoms with Crippen LogP contribution >= 0.6 is 11.3 Å². The summed E-state index contributed by atoms with van der Waals surface area (Å²) in [7, 11) is 0. The molecular weight excluding hydrogens is 266 g/mol. The molecule has 1 fully saturated rings. The highest BCUT2D eigenvalue weighted by Gasteiger charge is 2.26. The van der Waals surface area contributed by atoms with Gasteiger partial charge in [-0.2, -0.15) is 0 Å². The van der Waals surface area contributed by atoms with E-state index in [0.29, 0.717) is 18.5 Å². The fourth-order valence-electron chi connectivity index (χ4n) is 2.59. The van der Waals surface area contributed by atoms with Gasteiger partial charge in [-0.3, -0.25) is 4.79 Å². The Kier molecular flexibility index (Phi) is 2.98. The van der Waals surface area contributed by atoms with Crippen LogP contribution in [0.4, 0.5) is 4.79 Å². The van der Waals surface area contributed by atoms with Crippen LogP contribution in [0.1, 0.15) is 24.3 Å². The molecule has 2 aromatic heterocycles. The fraction of sp³-hybridized carbons (Fsp3) is 0.417. The van der Waals surface area contributed by atoms with Crippen molar-refractivity contribution in [3.63, 3.8) is 0 Å². The normalized spacial score (nSPS) is 16.9. The lowest BCUT2D eigenvalue weighted by atomic mass is 9.90. The Morgan fingerprint density at radius 2 is 2.21 bits per heavy atom. The predicted molar refractivity (Wildman–Crippen MR) is 71.8 cm³/mol. The first-order valence-electron chi connectivity index (χ1n) is 6.09. The van der Waals surface area contributed by atoms with Gasteiger partial charge in [-0.25, -0.2) is 9.78 Å². The van der Waals surface area contributed by atoms with E-state index >= 15 is 0 Å². The first-order chi connectivity index (χ1) is 9.16. The highest BCUT2D eigenvalue weighted by Crippen LogP contribution is 2.34.